The summed E-state index contributed by atoms with van der Waals surface area (Å²) in [5.74, 6) is 0. The van der Waals surface area contributed by atoms with Crippen LogP contribution in [0.25, 0.3) is 0 Å². The lowest BCUT2D eigenvalue weighted by atomic mass is 10.8. The quantitative estimate of drug-likeness (QED) is 0.451. The van der Waals surface area contributed by atoms with E-state index in [0.717, 1.165) is 29.7 Å². The minimum atomic E-state index is -1.28. The highest BCUT2D eigenvalue weighted by molar-refractivity contribution is 6.73. The molecular weight excluding hydrogens is 160 g/mol. The molecule has 0 spiro atoms. The van der Waals surface area contributed by atoms with Crippen LogP contribution in [0.5, 0.6) is 0 Å². The molecule has 0 N–H and O–H groups in total. The van der Waals surface area contributed by atoms with Crippen molar-refractivity contribution < 1.29 is 8.85 Å². The summed E-state index contributed by atoms with van der Waals surface area (Å²) in [5.41, 5.74) is 0. The first-order valence-corrected chi connectivity index (χ1v) is 7.68. The van der Waals surface area contributed by atoms with Gasteiger partial charge in [-0.1, -0.05) is 0 Å². The maximum atomic E-state index is 5.48. The van der Waals surface area contributed by atoms with E-state index in [1.165, 1.54) is 0 Å². The van der Waals surface area contributed by atoms with Gasteiger partial charge in [0.1, 0.15) is 10.5 Å². The molecule has 0 aromatic heterocycles. The predicted octanol–water partition coefficient (Wildman–Crippen LogP) is 0.525. The van der Waals surface area contributed by atoms with Gasteiger partial charge in [-0.25, -0.2) is 0 Å². The number of hydrogen-bond donors (Lipinski definition) is 0. The lowest BCUT2D eigenvalue weighted by Gasteiger charge is -2.19. The lowest BCUT2D eigenvalue weighted by Crippen LogP contribution is -2.30. The monoisotopic (exact) mass is 178 g/mol. The van der Waals surface area contributed by atoms with Crippen molar-refractivity contribution in [2.45, 2.75) is 26.1 Å². The van der Waals surface area contributed by atoms with E-state index < -0.39 is 8.32 Å². The average Bonchev–Trinajstić information content (AvgIpc) is 1.89. The van der Waals surface area contributed by atoms with Crippen LogP contribution in [0.2, 0.25) is 19.1 Å². The fourth-order valence-corrected chi connectivity index (χ4v) is 2.02. The van der Waals surface area contributed by atoms with E-state index in [1.54, 1.807) is 0 Å². The molecule has 4 heteroatoms. The summed E-state index contributed by atoms with van der Waals surface area (Å²) in [6.07, 6.45) is 0. The molecule has 0 atom stereocenters. The second kappa shape index (κ2) is 5.06. The molecule has 0 aromatic rings. The highest BCUT2D eigenvalue weighted by Crippen LogP contribution is 2.08. The van der Waals surface area contributed by atoms with E-state index in [-0.39, 0.29) is 0 Å². The van der Waals surface area contributed by atoms with E-state index in [2.05, 4.69) is 13.1 Å². The molecule has 0 aromatic carbocycles. The van der Waals surface area contributed by atoms with Gasteiger partial charge >= 0.3 is 0 Å². The number of hydrogen-bond acceptors (Lipinski definition) is 2. The van der Waals surface area contributed by atoms with Gasteiger partial charge in [-0.2, -0.15) is 0 Å². The maximum Gasteiger partial charge on any atom is 0.174 e. The SMILES string of the molecule is CCOCC[Si](C)(C)O[SiH3]. The third-order valence-corrected chi connectivity index (χ3v) is 7.43. The summed E-state index contributed by atoms with van der Waals surface area (Å²) in [6.45, 7) is 8.19. The van der Waals surface area contributed by atoms with E-state index in [4.69, 9.17) is 8.85 Å². The minimum Gasteiger partial charge on any atom is -0.463 e. The second-order valence-electron chi connectivity index (χ2n) is 2.91. The Balaban J connectivity index is 3.28. The molecule has 0 heterocycles. The summed E-state index contributed by atoms with van der Waals surface area (Å²) in [7, 11) is -0.406. The van der Waals surface area contributed by atoms with Crippen molar-refractivity contribution in [3.05, 3.63) is 0 Å². The highest BCUT2D eigenvalue weighted by atomic mass is 28.4. The Hall–Kier alpha value is 0.354. The first-order chi connectivity index (χ1) is 4.62. The van der Waals surface area contributed by atoms with E-state index >= 15 is 0 Å². The highest BCUT2D eigenvalue weighted by Gasteiger charge is 2.18. The molecule has 0 radical (unpaired) electrons. The first kappa shape index (κ1) is 10.4. The van der Waals surface area contributed by atoms with Crippen LogP contribution in [0.3, 0.4) is 0 Å². The summed E-state index contributed by atoms with van der Waals surface area (Å²) >= 11 is 0. The Labute approximate surface area is 67.6 Å². The van der Waals surface area contributed by atoms with Gasteiger partial charge in [0.15, 0.2) is 8.32 Å². The van der Waals surface area contributed by atoms with Crippen molar-refractivity contribution in [3.63, 3.8) is 0 Å². The van der Waals surface area contributed by atoms with Crippen LogP contribution in [0.4, 0.5) is 0 Å². The standard InChI is InChI=1S/C6H18O2Si2/c1-4-7-5-6-10(2,3)8-9/h4-6H2,1-3,9H3. The van der Waals surface area contributed by atoms with Gasteiger partial charge in [0.2, 0.25) is 0 Å². The van der Waals surface area contributed by atoms with Crippen molar-refractivity contribution in [2.75, 3.05) is 13.2 Å². The third kappa shape index (κ3) is 5.16. The van der Waals surface area contributed by atoms with Crippen molar-refractivity contribution in [2.24, 2.45) is 0 Å². The number of ether oxygens (including phenoxy) is 1. The van der Waals surface area contributed by atoms with E-state index in [0.29, 0.717) is 0 Å². The van der Waals surface area contributed by atoms with Gasteiger partial charge in [-0.05, 0) is 26.1 Å². The normalized spacial score (nSPS) is 12.3. The summed E-state index contributed by atoms with van der Waals surface area (Å²) in [6, 6.07) is 1.13. The molecule has 0 aliphatic rings. The Morgan fingerprint density at radius 2 is 2.00 bits per heavy atom. The van der Waals surface area contributed by atoms with Crippen molar-refractivity contribution in [1.29, 1.82) is 0 Å². The Morgan fingerprint density at radius 3 is 2.40 bits per heavy atom. The summed E-state index contributed by atoms with van der Waals surface area (Å²) < 4.78 is 10.7. The molecule has 2 nitrogen and oxygen atoms in total. The molecule has 0 aliphatic heterocycles. The molecule has 0 saturated heterocycles. The lowest BCUT2D eigenvalue weighted by molar-refractivity contribution is 0.159. The molecule has 0 unspecified atom stereocenters. The topological polar surface area (TPSA) is 18.5 Å². The molecule has 0 rings (SSSR count). The minimum absolute atomic E-state index is 0.825. The zero-order chi connectivity index (χ0) is 8.04. The summed E-state index contributed by atoms with van der Waals surface area (Å²) in [4.78, 5) is 0. The van der Waals surface area contributed by atoms with Crippen LogP contribution in [0.1, 0.15) is 6.92 Å². The molecule has 62 valence electrons. The molecule has 0 amide bonds. The molecule has 0 saturated carbocycles. The fourth-order valence-electron chi connectivity index (χ4n) is 0.564. The maximum absolute atomic E-state index is 5.48. The van der Waals surface area contributed by atoms with Gasteiger partial charge in [-0.3, -0.25) is 0 Å². The van der Waals surface area contributed by atoms with Crippen LogP contribution in [-0.2, 0) is 8.85 Å². The van der Waals surface area contributed by atoms with Crippen molar-refractivity contribution in [1.82, 2.24) is 0 Å². The van der Waals surface area contributed by atoms with Crippen LogP contribution >= 0.6 is 0 Å². The van der Waals surface area contributed by atoms with Crippen molar-refractivity contribution in [3.8, 4) is 0 Å². The van der Waals surface area contributed by atoms with E-state index in [9.17, 15) is 0 Å². The average molecular weight is 178 g/mol. The molecule has 0 aliphatic carbocycles. The first-order valence-electron chi connectivity index (χ1n) is 3.75. The van der Waals surface area contributed by atoms with Gasteiger partial charge < -0.3 is 8.85 Å². The van der Waals surface area contributed by atoms with Crippen LogP contribution in [0, 0.1) is 0 Å². The summed E-state index contributed by atoms with van der Waals surface area (Å²) in [5, 5.41) is 0. The molecule has 0 bridgehead atoms. The van der Waals surface area contributed by atoms with Gasteiger partial charge in [0.05, 0.1) is 0 Å². The predicted molar refractivity (Wildman–Crippen MR) is 49.8 cm³/mol. The molecular formula is C6H18O2Si2. The molecule has 10 heavy (non-hydrogen) atoms. The Kier molecular flexibility index (Phi) is 5.24. The Morgan fingerprint density at radius 1 is 1.40 bits per heavy atom. The second-order valence-corrected chi connectivity index (χ2v) is 8.56. The molecule has 0 fully saturated rings. The van der Waals surface area contributed by atoms with Crippen molar-refractivity contribution >= 4 is 18.8 Å². The van der Waals surface area contributed by atoms with Gasteiger partial charge in [0.25, 0.3) is 0 Å². The largest absolute Gasteiger partial charge is 0.463 e. The van der Waals surface area contributed by atoms with Gasteiger partial charge in [-0.15, -0.1) is 0 Å². The zero-order valence-electron chi connectivity index (χ0n) is 7.44. The third-order valence-electron chi connectivity index (χ3n) is 1.61. The Bertz CT molecular complexity index is 85.8. The zero-order valence-corrected chi connectivity index (χ0v) is 10.4. The van der Waals surface area contributed by atoms with Crippen LogP contribution in [-0.4, -0.2) is 32.0 Å². The number of rotatable bonds is 5. The smallest absolute Gasteiger partial charge is 0.174 e. The fraction of sp³-hybridized carbons (Fsp3) is 1.00. The van der Waals surface area contributed by atoms with E-state index in [1.807, 2.05) is 6.92 Å². The van der Waals surface area contributed by atoms with Gasteiger partial charge in [0, 0.05) is 13.2 Å². The van der Waals surface area contributed by atoms with Crippen LogP contribution < -0.4 is 0 Å². The van der Waals surface area contributed by atoms with Crippen LogP contribution in [0.15, 0.2) is 0 Å².